The first kappa shape index (κ1) is 12.1. The van der Waals surface area contributed by atoms with Crippen LogP contribution in [0.4, 0.5) is 0 Å². The summed E-state index contributed by atoms with van der Waals surface area (Å²) in [6, 6.07) is 13.9. The Morgan fingerprint density at radius 1 is 1.12 bits per heavy atom. The molecule has 0 bridgehead atoms. The number of hydrogen-bond donors (Lipinski definition) is 1. The highest BCUT2D eigenvalue weighted by atomic mass is 35.5. The fraction of sp³-hybridized carbons (Fsp3) is 0.214. The van der Waals surface area contributed by atoms with Crippen LogP contribution >= 0.6 is 11.6 Å². The molecule has 0 saturated carbocycles. The van der Waals surface area contributed by atoms with Crippen molar-refractivity contribution in [3.05, 3.63) is 64.4 Å². The van der Waals surface area contributed by atoms with Crippen molar-refractivity contribution in [2.75, 3.05) is 7.05 Å². The van der Waals surface area contributed by atoms with E-state index in [1.165, 1.54) is 0 Å². The number of rotatable bonds is 3. The fourth-order valence-corrected chi connectivity index (χ4v) is 2.14. The Kier molecular flexibility index (Phi) is 3.77. The Bertz CT molecular complexity index is 511. The molecule has 1 atom stereocenters. The minimum absolute atomic E-state index is 0.0311. The van der Waals surface area contributed by atoms with Crippen molar-refractivity contribution in [3.63, 3.8) is 0 Å². The summed E-state index contributed by atoms with van der Waals surface area (Å²) < 4.78 is 0. The number of aryl methyl sites for hydroxylation is 1. The van der Waals surface area contributed by atoms with Crippen LogP contribution in [0.3, 0.4) is 0 Å². The van der Waals surface area contributed by atoms with Gasteiger partial charge in [-0.2, -0.15) is 0 Å². The maximum absolute atomic E-state index is 6.22. The fourth-order valence-electron chi connectivity index (χ4n) is 1.90. The van der Waals surface area contributed by atoms with E-state index in [1.54, 1.807) is 0 Å². The monoisotopic (exact) mass is 246 g/mol. The predicted molar refractivity (Wildman–Crippen MR) is 71.3 cm³/mol. The van der Waals surface area contributed by atoms with Gasteiger partial charge in [0.2, 0.25) is 0 Å². The maximum Gasteiger partial charge on any atom is 0.0763 e. The predicted octanol–water partition coefficient (Wildman–Crippen LogP) is 3.35. The number of aromatic nitrogens is 1. The van der Waals surface area contributed by atoms with Gasteiger partial charge < -0.3 is 5.32 Å². The number of hydrogen-bond acceptors (Lipinski definition) is 2. The smallest absolute Gasteiger partial charge is 0.0763 e. The van der Waals surface area contributed by atoms with E-state index in [0.717, 1.165) is 22.0 Å². The van der Waals surface area contributed by atoms with Gasteiger partial charge in [0, 0.05) is 10.7 Å². The van der Waals surface area contributed by atoms with Gasteiger partial charge in [0.15, 0.2) is 0 Å². The zero-order chi connectivity index (χ0) is 12.3. The van der Waals surface area contributed by atoms with Gasteiger partial charge in [0.05, 0.1) is 11.7 Å². The summed E-state index contributed by atoms with van der Waals surface area (Å²) in [5.41, 5.74) is 3.05. The lowest BCUT2D eigenvalue weighted by Crippen LogP contribution is -2.19. The Balaban J connectivity index is 2.44. The van der Waals surface area contributed by atoms with Gasteiger partial charge in [-0.15, -0.1) is 0 Å². The first-order valence-corrected chi connectivity index (χ1v) is 5.95. The lowest BCUT2D eigenvalue weighted by atomic mass is 10.0. The molecular weight excluding hydrogens is 232 g/mol. The molecule has 0 aliphatic heterocycles. The largest absolute Gasteiger partial charge is 0.308 e. The molecule has 2 aromatic rings. The molecular formula is C14H15ClN2. The van der Waals surface area contributed by atoms with Crippen LogP contribution in [0.5, 0.6) is 0 Å². The molecule has 0 spiro atoms. The Morgan fingerprint density at radius 2 is 1.88 bits per heavy atom. The normalized spacial score (nSPS) is 12.4. The maximum atomic E-state index is 6.22. The third-order valence-corrected chi connectivity index (χ3v) is 3.05. The van der Waals surface area contributed by atoms with Crippen LogP contribution in [0, 0.1) is 6.92 Å². The Hall–Kier alpha value is -1.38. The highest BCUT2D eigenvalue weighted by molar-refractivity contribution is 6.31. The third-order valence-electron chi connectivity index (χ3n) is 2.71. The lowest BCUT2D eigenvalue weighted by Gasteiger charge is -2.17. The van der Waals surface area contributed by atoms with Gasteiger partial charge >= 0.3 is 0 Å². The molecule has 1 heterocycles. The summed E-state index contributed by atoms with van der Waals surface area (Å²) in [5.74, 6) is 0. The molecule has 0 aliphatic carbocycles. The molecule has 17 heavy (non-hydrogen) atoms. The van der Waals surface area contributed by atoms with Crippen molar-refractivity contribution in [1.29, 1.82) is 0 Å². The summed E-state index contributed by atoms with van der Waals surface area (Å²) >= 11 is 6.22. The van der Waals surface area contributed by atoms with Crippen molar-refractivity contribution in [1.82, 2.24) is 10.3 Å². The van der Waals surface area contributed by atoms with Crippen LogP contribution in [0.1, 0.15) is 23.0 Å². The zero-order valence-corrected chi connectivity index (χ0v) is 10.7. The number of benzene rings is 1. The highest BCUT2D eigenvalue weighted by Gasteiger charge is 2.15. The van der Waals surface area contributed by atoms with Crippen LogP contribution in [0.25, 0.3) is 0 Å². The van der Waals surface area contributed by atoms with Gasteiger partial charge in [-0.3, -0.25) is 4.98 Å². The van der Waals surface area contributed by atoms with Gasteiger partial charge in [0.25, 0.3) is 0 Å². The molecule has 2 rings (SSSR count). The Morgan fingerprint density at radius 3 is 2.53 bits per heavy atom. The molecule has 3 heteroatoms. The molecule has 1 unspecified atom stereocenters. The highest BCUT2D eigenvalue weighted by Crippen LogP contribution is 2.26. The van der Waals surface area contributed by atoms with Crippen LogP contribution < -0.4 is 5.32 Å². The van der Waals surface area contributed by atoms with Crippen molar-refractivity contribution < 1.29 is 0 Å². The van der Waals surface area contributed by atoms with Crippen molar-refractivity contribution in [3.8, 4) is 0 Å². The first-order chi connectivity index (χ1) is 8.22. The average Bonchev–Trinajstić information content (AvgIpc) is 2.33. The molecule has 0 amide bonds. The molecule has 1 aromatic carbocycles. The zero-order valence-electron chi connectivity index (χ0n) is 9.94. The molecule has 0 saturated heterocycles. The van der Waals surface area contributed by atoms with Crippen LogP contribution in [-0.2, 0) is 0 Å². The molecule has 2 nitrogen and oxygen atoms in total. The summed E-state index contributed by atoms with van der Waals surface area (Å²) in [4.78, 5) is 4.54. The summed E-state index contributed by atoms with van der Waals surface area (Å²) in [5, 5.41) is 4.02. The molecule has 1 aromatic heterocycles. The topological polar surface area (TPSA) is 24.9 Å². The second kappa shape index (κ2) is 5.30. The van der Waals surface area contributed by atoms with Crippen LogP contribution in [-0.4, -0.2) is 12.0 Å². The second-order valence-electron chi connectivity index (χ2n) is 3.95. The van der Waals surface area contributed by atoms with E-state index >= 15 is 0 Å². The molecule has 0 aliphatic rings. The van der Waals surface area contributed by atoms with Crippen molar-refractivity contribution in [2.45, 2.75) is 13.0 Å². The molecule has 0 fully saturated rings. The molecule has 0 radical (unpaired) electrons. The molecule has 1 N–H and O–H groups in total. The van der Waals surface area contributed by atoms with Crippen LogP contribution in [0.2, 0.25) is 5.02 Å². The number of nitrogens with one attached hydrogen (secondary N) is 1. The minimum atomic E-state index is 0.0311. The van der Waals surface area contributed by atoms with E-state index in [2.05, 4.69) is 10.3 Å². The summed E-state index contributed by atoms with van der Waals surface area (Å²) in [7, 11) is 1.91. The van der Waals surface area contributed by atoms with E-state index in [4.69, 9.17) is 11.6 Å². The lowest BCUT2D eigenvalue weighted by molar-refractivity contribution is 0.669. The SMILES string of the molecule is CNC(c1cccc(C)n1)c1ccccc1Cl. The van der Waals surface area contributed by atoms with Gasteiger partial charge in [-0.05, 0) is 37.7 Å². The van der Waals surface area contributed by atoms with E-state index in [-0.39, 0.29) is 6.04 Å². The number of halogens is 1. The third kappa shape index (κ3) is 2.65. The Labute approximate surface area is 107 Å². The number of nitrogens with zero attached hydrogens (tertiary/aromatic N) is 1. The van der Waals surface area contributed by atoms with E-state index in [1.807, 2.05) is 56.4 Å². The van der Waals surface area contributed by atoms with Crippen LogP contribution in [0.15, 0.2) is 42.5 Å². The van der Waals surface area contributed by atoms with Crippen molar-refractivity contribution in [2.24, 2.45) is 0 Å². The van der Waals surface area contributed by atoms with E-state index in [9.17, 15) is 0 Å². The van der Waals surface area contributed by atoms with Crippen molar-refractivity contribution >= 4 is 11.6 Å². The first-order valence-electron chi connectivity index (χ1n) is 5.57. The minimum Gasteiger partial charge on any atom is -0.308 e. The average molecular weight is 247 g/mol. The van der Waals surface area contributed by atoms with E-state index < -0.39 is 0 Å². The van der Waals surface area contributed by atoms with Gasteiger partial charge in [-0.1, -0.05) is 35.9 Å². The quantitative estimate of drug-likeness (QED) is 0.899. The van der Waals surface area contributed by atoms with Gasteiger partial charge in [0.1, 0.15) is 0 Å². The molecule has 88 valence electrons. The summed E-state index contributed by atoms with van der Waals surface area (Å²) in [6.07, 6.45) is 0. The second-order valence-corrected chi connectivity index (χ2v) is 4.35. The van der Waals surface area contributed by atoms with Gasteiger partial charge in [-0.25, -0.2) is 0 Å². The summed E-state index contributed by atoms with van der Waals surface area (Å²) in [6.45, 7) is 1.99. The van der Waals surface area contributed by atoms with E-state index in [0.29, 0.717) is 0 Å². The number of pyridine rings is 1. The standard InChI is InChI=1S/C14H15ClN2/c1-10-6-5-9-13(17-10)14(16-2)11-7-3-4-8-12(11)15/h3-9,14,16H,1-2H3.